The number of nitrogens with one attached hydrogen (secondary N) is 1. The zero-order chi connectivity index (χ0) is 8.55. The summed E-state index contributed by atoms with van der Waals surface area (Å²) >= 11 is 1.73. The van der Waals surface area contributed by atoms with E-state index >= 15 is 0 Å². The van der Waals surface area contributed by atoms with Crippen molar-refractivity contribution in [1.29, 1.82) is 0 Å². The molecule has 2 nitrogen and oxygen atoms in total. The van der Waals surface area contributed by atoms with Crippen LogP contribution in [0.25, 0.3) is 0 Å². The lowest BCUT2D eigenvalue weighted by molar-refractivity contribution is -0.368. The van der Waals surface area contributed by atoms with Crippen molar-refractivity contribution in [2.24, 2.45) is 5.92 Å². The Morgan fingerprint density at radius 2 is 2.50 bits per heavy atom. The predicted molar refractivity (Wildman–Crippen MR) is 51.1 cm³/mol. The Kier molecular flexibility index (Phi) is 2.05. The van der Waals surface area contributed by atoms with Crippen LogP contribution in [0.4, 0.5) is 5.13 Å². The Bertz CT molecular complexity index is 280. The number of hydrogen-bond acceptors (Lipinski definition) is 2. The van der Waals surface area contributed by atoms with Crippen molar-refractivity contribution in [2.45, 2.75) is 32.6 Å². The van der Waals surface area contributed by atoms with Crippen LogP contribution in [0.15, 0.2) is 0 Å². The second-order valence-electron chi connectivity index (χ2n) is 3.51. The van der Waals surface area contributed by atoms with E-state index in [1.165, 1.54) is 36.3 Å². The summed E-state index contributed by atoms with van der Waals surface area (Å²) < 4.78 is 0. The van der Waals surface area contributed by atoms with Gasteiger partial charge in [0.2, 0.25) is 0 Å². The number of H-pyrrole nitrogens is 1. The normalized spacial score (nSPS) is 22.2. The molecule has 1 heterocycles. The summed E-state index contributed by atoms with van der Waals surface area (Å²) in [5.41, 5.74) is 7.10. The zero-order valence-electron chi connectivity index (χ0n) is 7.39. The van der Waals surface area contributed by atoms with Gasteiger partial charge in [-0.1, -0.05) is 24.7 Å². The number of aryl methyl sites for hydroxylation is 1. The summed E-state index contributed by atoms with van der Waals surface area (Å²) in [5.74, 6) is 0.893. The monoisotopic (exact) mass is 183 g/mol. The minimum absolute atomic E-state index is 0.872. The van der Waals surface area contributed by atoms with Gasteiger partial charge in [-0.3, -0.25) is 5.73 Å². The third-order valence-corrected chi connectivity index (χ3v) is 3.68. The third-order valence-electron chi connectivity index (χ3n) is 2.70. The number of fused-ring (bicyclic) bond motifs is 1. The number of anilines is 1. The van der Waals surface area contributed by atoms with Gasteiger partial charge >= 0.3 is 5.13 Å². The van der Waals surface area contributed by atoms with Crippen molar-refractivity contribution in [3.8, 4) is 0 Å². The highest BCUT2D eigenvalue weighted by atomic mass is 32.1. The lowest BCUT2D eigenvalue weighted by atomic mass is 9.89. The van der Waals surface area contributed by atoms with Crippen LogP contribution in [-0.4, -0.2) is 0 Å². The summed E-state index contributed by atoms with van der Waals surface area (Å²) in [4.78, 5) is 4.73. The molecule has 0 radical (unpaired) electrons. The maximum Gasteiger partial charge on any atom is 0.329 e. The van der Waals surface area contributed by atoms with Crippen molar-refractivity contribution >= 4 is 16.5 Å². The second-order valence-corrected chi connectivity index (χ2v) is 4.65. The molecule has 0 aliphatic heterocycles. The highest BCUT2D eigenvalue weighted by Crippen LogP contribution is 2.29. The van der Waals surface area contributed by atoms with Crippen LogP contribution in [-0.2, 0) is 12.8 Å². The standard InChI is InChI=1S/C9H14N2S/c1-2-6-3-4-7-8(5-6)12-9(10)11-7/h6H,2-5H2,1H3,(H2,10,11)/p+1. The fourth-order valence-corrected chi connectivity index (χ4v) is 2.90. The molecule has 1 aliphatic rings. The van der Waals surface area contributed by atoms with Crippen molar-refractivity contribution < 1.29 is 4.98 Å². The maximum atomic E-state index is 5.71. The van der Waals surface area contributed by atoms with Gasteiger partial charge in [0.15, 0.2) is 0 Å². The van der Waals surface area contributed by atoms with Crippen LogP contribution in [0, 0.1) is 5.92 Å². The minimum atomic E-state index is 0.872. The molecule has 0 saturated heterocycles. The van der Waals surface area contributed by atoms with Gasteiger partial charge in [0.25, 0.3) is 0 Å². The minimum Gasteiger partial charge on any atom is -0.278 e. The lowest BCUT2D eigenvalue weighted by Gasteiger charge is -2.17. The SMILES string of the molecule is CCC1CCc2[nH+]c(N)sc2C1. The summed E-state index contributed by atoms with van der Waals surface area (Å²) in [7, 11) is 0. The molecule has 66 valence electrons. The Morgan fingerprint density at radius 1 is 1.67 bits per heavy atom. The summed E-state index contributed by atoms with van der Waals surface area (Å²) in [6, 6.07) is 0. The van der Waals surface area contributed by atoms with Crippen LogP contribution in [0.1, 0.15) is 30.3 Å². The average Bonchev–Trinajstić information content (AvgIpc) is 2.43. The smallest absolute Gasteiger partial charge is 0.278 e. The fourth-order valence-electron chi connectivity index (χ4n) is 1.87. The fraction of sp³-hybridized carbons (Fsp3) is 0.667. The molecule has 0 aromatic carbocycles. The van der Waals surface area contributed by atoms with Gasteiger partial charge in [0.05, 0.1) is 4.88 Å². The molecule has 1 aromatic rings. The van der Waals surface area contributed by atoms with E-state index in [0.717, 1.165) is 11.0 Å². The molecule has 1 aromatic heterocycles. The number of nitrogen functional groups attached to an aromatic ring is 1. The summed E-state index contributed by atoms with van der Waals surface area (Å²) in [6.07, 6.45) is 5.07. The number of hydrogen-bond donors (Lipinski definition) is 1. The van der Waals surface area contributed by atoms with E-state index in [0.29, 0.717) is 0 Å². The van der Waals surface area contributed by atoms with Gasteiger partial charge in [0, 0.05) is 6.42 Å². The van der Waals surface area contributed by atoms with Crippen LogP contribution < -0.4 is 10.7 Å². The summed E-state index contributed by atoms with van der Waals surface area (Å²) in [5, 5.41) is 0.872. The Labute approximate surface area is 76.8 Å². The number of thiazole rings is 1. The van der Waals surface area contributed by atoms with Gasteiger partial charge in [-0.25, -0.2) is 4.98 Å². The van der Waals surface area contributed by atoms with E-state index in [9.17, 15) is 0 Å². The van der Waals surface area contributed by atoms with Gasteiger partial charge in [-0.2, -0.15) is 0 Å². The number of rotatable bonds is 1. The topological polar surface area (TPSA) is 40.2 Å². The third kappa shape index (κ3) is 1.33. The van der Waals surface area contributed by atoms with Gasteiger partial charge in [0.1, 0.15) is 5.69 Å². The molecule has 1 unspecified atom stereocenters. The van der Waals surface area contributed by atoms with Gasteiger partial charge in [-0.05, 0) is 18.8 Å². The molecule has 1 aliphatic carbocycles. The van der Waals surface area contributed by atoms with Crippen molar-refractivity contribution in [1.82, 2.24) is 0 Å². The first kappa shape index (κ1) is 8.05. The van der Waals surface area contributed by atoms with Crippen LogP contribution in [0.2, 0.25) is 0 Å². The maximum absolute atomic E-state index is 5.71. The van der Waals surface area contributed by atoms with Crippen LogP contribution >= 0.6 is 11.3 Å². The Balaban J connectivity index is 2.22. The molecular formula is C9H15N2S+. The van der Waals surface area contributed by atoms with Crippen molar-refractivity contribution in [2.75, 3.05) is 5.73 Å². The first-order valence-electron chi connectivity index (χ1n) is 4.59. The second kappa shape index (κ2) is 3.05. The molecule has 0 spiro atoms. The molecule has 0 bridgehead atoms. The van der Waals surface area contributed by atoms with E-state index in [2.05, 4.69) is 11.9 Å². The lowest BCUT2D eigenvalue weighted by Crippen LogP contribution is -2.18. The van der Waals surface area contributed by atoms with E-state index < -0.39 is 0 Å². The van der Waals surface area contributed by atoms with Crippen LogP contribution in [0.3, 0.4) is 0 Å². The molecular weight excluding hydrogens is 168 g/mol. The van der Waals surface area contributed by atoms with Gasteiger partial charge < -0.3 is 0 Å². The first-order chi connectivity index (χ1) is 5.79. The number of nitrogens with two attached hydrogens (primary N) is 1. The molecule has 12 heavy (non-hydrogen) atoms. The predicted octanol–water partition coefficient (Wildman–Crippen LogP) is 1.66. The van der Waals surface area contributed by atoms with E-state index in [1.807, 2.05) is 0 Å². The van der Waals surface area contributed by atoms with E-state index in [4.69, 9.17) is 5.73 Å². The molecule has 2 rings (SSSR count). The zero-order valence-corrected chi connectivity index (χ0v) is 8.21. The highest BCUT2D eigenvalue weighted by Gasteiger charge is 2.22. The first-order valence-corrected chi connectivity index (χ1v) is 5.40. The van der Waals surface area contributed by atoms with E-state index in [1.54, 1.807) is 11.3 Å². The van der Waals surface area contributed by atoms with E-state index in [-0.39, 0.29) is 0 Å². The molecule has 0 saturated carbocycles. The molecule has 0 fully saturated rings. The summed E-state index contributed by atoms with van der Waals surface area (Å²) in [6.45, 7) is 2.27. The van der Waals surface area contributed by atoms with Crippen molar-refractivity contribution in [3.05, 3.63) is 10.6 Å². The van der Waals surface area contributed by atoms with Gasteiger partial charge in [-0.15, -0.1) is 0 Å². The molecule has 0 amide bonds. The number of aromatic amines is 1. The molecule has 1 atom stereocenters. The number of aromatic nitrogens is 1. The van der Waals surface area contributed by atoms with Crippen LogP contribution in [0.5, 0.6) is 0 Å². The largest absolute Gasteiger partial charge is 0.329 e. The quantitative estimate of drug-likeness (QED) is 0.706. The van der Waals surface area contributed by atoms with Crippen molar-refractivity contribution in [3.63, 3.8) is 0 Å². The molecule has 3 N–H and O–H groups in total. The Hall–Kier alpha value is -0.570. The Morgan fingerprint density at radius 3 is 3.25 bits per heavy atom. The average molecular weight is 183 g/mol. The molecule has 3 heteroatoms. The highest BCUT2D eigenvalue weighted by molar-refractivity contribution is 7.15.